The molecule has 4 rings (SSSR count). The molecule has 0 spiro atoms. The van der Waals surface area contributed by atoms with E-state index in [1.807, 2.05) is 22.4 Å². The van der Waals surface area contributed by atoms with Crippen molar-refractivity contribution in [2.45, 2.75) is 38.3 Å². The van der Waals surface area contributed by atoms with Gasteiger partial charge >= 0.3 is 5.97 Å². The minimum atomic E-state index is -0.576. The SMILES string of the molecule is COC(=O)C1=C(C)N=C2SC=C(CC(=O)NC[C@@H]3CCCO3)N2[C@H]1c1ccc(OC)cc1OC. The summed E-state index contributed by atoms with van der Waals surface area (Å²) >= 11 is 1.42. The molecule has 3 aliphatic heterocycles. The lowest BCUT2D eigenvalue weighted by atomic mass is 9.93. The Morgan fingerprint density at radius 1 is 1.26 bits per heavy atom. The molecule has 9 nitrogen and oxygen atoms in total. The van der Waals surface area contributed by atoms with Crippen molar-refractivity contribution in [3.63, 3.8) is 0 Å². The first kappa shape index (κ1) is 24.2. The highest BCUT2D eigenvalue weighted by Gasteiger charge is 2.42. The van der Waals surface area contributed by atoms with Crippen molar-refractivity contribution in [1.29, 1.82) is 0 Å². The van der Waals surface area contributed by atoms with Gasteiger partial charge in [-0.05, 0) is 37.3 Å². The van der Waals surface area contributed by atoms with Gasteiger partial charge in [0.25, 0.3) is 0 Å². The lowest BCUT2D eigenvalue weighted by molar-refractivity contribution is -0.136. The normalized spacial score (nSPS) is 21.6. The van der Waals surface area contributed by atoms with Crippen molar-refractivity contribution in [3.8, 4) is 11.5 Å². The number of carbonyl (C=O) groups excluding carboxylic acids is 2. The summed E-state index contributed by atoms with van der Waals surface area (Å²) in [6.07, 6.45) is 2.17. The molecule has 0 saturated carbocycles. The maximum atomic E-state index is 12.9. The Balaban J connectivity index is 1.66. The second kappa shape index (κ2) is 10.5. The third kappa shape index (κ3) is 4.78. The van der Waals surface area contributed by atoms with Gasteiger partial charge in [-0.3, -0.25) is 4.79 Å². The number of benzene rings is 1. The summed E-state index contributed by atoms with van der Waals surface area (Å²) in [4.78, 5) is 32.2. The van der Waals surface area contributed by atoms with Crippen molar-refractivity contribution in [2.75, 3.05) is 34.5 Å². The van der Waals surface area contributed by atoms with Gasteiger partial charge in [-0.1, -0.05) is 11.8 Å². The van der Waals surface area contributed by atoms with Gasteiger partial charge in [0.2, 0.25) is 5.91 Å². The van der Waals surface area contributed by atoms with Gasteiger partial charge in [0.05, 0.1) is 51.2 Å². The van der Waals surface area contributed by atoms with E-state index in [2.05, 4.69) is 10.3 Å². The molecule has 0 bridgehead atoms. The summed E-state index contributed by atoms with van der Waals surface area (Å²) in [5.74, 6) is 0.585. The molecule has 0 aliphatic carbocycles. The maximum Gasteiger partial charge on any atom is 0.338 e. The zero-order chi connectivity index (χ0) is 24.2. The van der Waals surface area contributed by atoms with E-state index in [1.165, 1.54) is 18.9 Å². The number of thioether (sulfide) groups is 1. The minimum Gasteiger partial charge on any atom is -0.497 e. The number of carbonyl (C=O) groups is 2. The van der Waals surface area contributed by atoms with E-state index in [4.69, 9.17) is 18.9 Å². The Morgan fingerprint density at radius 2 is 2.09 bits per heavy atom. The molecule has 182 valence electrons. The number of hydrogen-bond acceptors (Lipinski definition) is 9. The number of aliphatic imine (C=N–C) groups is 1. The molecule has 0 radical (unpaired) electrons. The number of nitrogens with one attached hydrogen (secondary N) is 1. The Hall–Kier alpha value is -2.98. The van der Waals surface area contributed by atoms with Crippen molar-refractivity contribution < 1.29 is 28.5 Å². The first-order valence-electron chi connectivity index (χ1n) is 11.1. The van der Waals surface area contributed by atoms with Crippen LogP contribution < -0.4 is 14.8 Å². The molecule has 3 aliphatic rings. The van der Waals surface area contributed by atoms with Crippen LogP contribution in [0, 0.1) is 0 Å². The summed E-state index contributed by atoms with van der Waals surface area (Å²) in [7, 11) is 4.49. The first-order valence-corrected chi connectivity index (χ1v) is 12.0. The first-order chi connectivity index (χ1) is 16.5. The second-order valence-corrected chi connectivity index (χ2v) is 8.94. The summed E-state index contributed by atoms with van der Waals surface area (Å²) in [5.41, 5.74) is 2.43. The van der Waals surface area contributed by atoms with Gasteiger partial charge in [0.15, 0.2) is 5.17 Å². The van der Waals surface area contributed by atoms with Crippen LogP contribution in [0.4, 0.5) is 0 Å². The van der Waals surface area contributed by atoms with Crippen molar-refractivity contribution in [2.24, 2.45) is 4.99 Å². The number of amidine groups is 1. The number of methoxy groups -OCH3 is 3. The van der Waals surface area contributed by atoms with E-state index in [0.717, 1.165) is 30.7 Å². The predicted molar refractivity (Wildman–Crippen MR) is 129 cm³/mol. The summed E-state index contributed by atoms with van der Waals surface area (Å²) in [5, 5.41) is 5.56. The lowest BCUT2D eigenvalue weighted by Gasteiger charge is -2.36. The van der Waals surface area contributed by atoms with E-state index in [1.54, 1.807) is 27.2 Å². The molecule has 2 atom stereocenters. The van der Waals surface area contributed by atoms with Gasteiger partial charge in [0.1, 0.15) is 11.5 Å². The number of fused-ring (bicyclic) bond motifs is 1. The quantitative estimate of drug-likeness (QED) is 0.559. The number of ether oxygens (including phenoxy) is 4. The van der Waals surface area contributed by atoms with E-state index in [0.29, 0.717) is 34.5 Å². The van der Waals surface area contributed by atoms with Crippen LogP contribution in [0.2, 0.25) is 0 Å². The molecule has 10 heteroatoms. The van der Waals surface area contributed by atoms with Gasteiger partial charge < -0.3 is 29.2 Å². The fraction of sp³-hybridized carbons (Fsp3) is 0.458. The molecular weight excluding hydrogens is 458 g/mol. The van der Waals surface area contributed by atoms with E-state index < -0.39 is 12.0 Å². The third-order valence-corrected chi connectivity index (χ3v) is 6.92. The third-order valence-electron chi connectivity index (χ3n) is 6.03. The maximum absolute atomic E-state index is 12.9. The molecular formula is C24H29N3O6S. The minimum absolute atomic E-state index is 0.0656. The number of amides is 1. The molecule has 1 saturated heterocycles. The Morgan fingerprint density at radius 3 is 2.76 bits per heavy atom. The van der Waals surface area contributed by atoms with Crippen LogP contribution >= 0.6 is 11.8 Å². The topological polar surface area (TPSA) is 98.7 Å². The summed E-state index contributed by atoms with van der Waals surface area (Å²) in [6, 6.07) is 4.87. The van der Waals surface area contributed by atoms with Gasteiger partial charge in [0, 0.05) is 30.5 Å². The van der Waals surface area contributed by atoms with Crippen LogP contribution in [0.3, 0.4) is 0 Å². The van der Waals surface area contributed by atoms with Crippen molar-refractivity contribution in [3.05, 3.63) is 46.1 Å². The van der Waals surface area contributed by atoms with E-state index >= 15 is 0 Å². The lowest BCUT2D eigenvalue weighted by Crippen LogP contribution is -2.38. The van der Waals surface area contributed by atoms with Crippen LogP contribution in [-0.2, 0) is 19.1 Å². The molecule has 1 aromatic carbocycles. The number of nitrogens with zero attached hydrogens (tertiary/aromatic N) is 2. The highest BCUT2D eigenvalue weighted by Crippen LogP contribution is 2.47. The van der Waals surface area contributed by atoms with Gasteiger partial charge in [-0.15, -0.1) is 0 Å². The molecule has 1 aromatic rings. The van der Waals surface area contributed by atoms with E-state index in [9.17, 15) is 9.59 Å². The van der Waals surface area contributed by atoms with Crippen molar-refractivity contribution >= 4 is 28.8 Å². The highest BCUT2D eigenvalue weighted by atomic mass is 32.2. The zero-order valence-corrected chi connectivity index (χ0v) is 20.6. The van der Waals surface area contributed by atoms with Gasteiger partial charge in [-0.25, -0.2) is 9.79 Å². The molecule has 1 amide bonds. The number of esters is 1. The molecule has 34 heavy (non-hydrogen) atoms. The molecule has 1 N–H and O–H groups in total. The van der Waals surface area contributed by atoms with Crippen LogP contribution in [0.5, 0.6) is 11.5 Å². The summed E-state index contributed by atoms with van der Waals surface area (Å²) in [6.45, 7) is 3.01. The largest absolute Gasteiger partial charge is 0.497 e. The smallest absolute Gasteiger partial charge is 0.338 e. The van der Waals surface area contributed by atoms with Crippen LogP contribution in [0.1, 0.15) is 37.8 Å². The Kier molecular flexibility index (Phi) is 7.47. The molecule has 0 aromatic heterocycles. The number of hydrogen-bond donors (Lipinski definition) is 1. The van der Waals surface area contributed by atoms with Crippen LogP contribution in [0.25, 0.3) is 0 Å². The number of allylic oxidation sites excluding steroid dienone is 1. The standard InChI is InChI=1S/C24H29N3O6S/c1-14-21(23(29)32-4)22(18-8-7-16(30-2)11-19(18)31-3)27-15(13-34-24(27)26-14)10-20(28)25-12-17-6-5-9-33-17/h7-8,11,13,17,22H,5-6,9-10,12H2,1-4H3,(H,25,28)/t17-,22-/m0/s1. The number of rotatable bonds is 8. The average Bonchev–Trinajstić information content (AvgIpc) is 3.51. The molecule has 3 heterocycles. The highest BCUT2D eigenvalue weighted by molar-refractivity contribution is 8.16. The molecule has 1 fully saturated rings. The van der Waals surface area contributed by atoms with Crippen molar-refractivity contribution in [1.82, 2.24) is 10.2 Å². The van der Waals surface area contributed by atoms with Gasteiger partial charge in [-0.2, -0.15) is 0 Å². The molecule has 0 unspecified atom stereocenters. The van der Waals surface area contributed by atoms with E-state index in [-0.39, 0.29) is 18.4 Å². The Labute approximate surface area is 203 Å². The second-order valence-electron chi connectivity index (χ2n) is 8.11. The zero-order valence-electron chi connectivity index (χ0n) is 19.8. The Bertz CT molecular complexity index is 1060. The van der Waals surface area contributed by atoms with Crippen LogP contribution in [0.15, 0.2) is 45.6 Å². The van der Waals surface area contributed by atoms with Crippen LogP contribution in [-0.4, -0.2) is 62.5 Å². The fourth-order valence-electron chi connectivity index (χ4n) is 4.34. The summed E-state index contributed by atoms with van der Waals surface area (Å²) < 4.78 is 21.7. The fourth-order valence-corrected chi connectivity index (χ4v) is 5.30. The monoisotopic (exact) mass is 487 g/mol. The average molecular weight is 488 g/mol. The predicted octanol–water partition coefficient (Wildman–Crippen LogP) is 3.14.